The molecule has 360 valence electrons. The zero-order valence-corrected chi connectivity index (χ0v) is 43.0. The summed E-state index contributed by atoms with van der Waals surface area (Å²) in [5, 5.41) is 7.39. The van der Waals surface area contributed by atoms with E-state index in [-0.39, 0.29) is 36.8 Å². The molecule has 16 nitrogen and oxygen atoms in total. The largest absolute Gasteiger partial charge is 0.744 e. The van der Waals surface area contributed by atoms with E-state index in [9.17, 15) is 35.8 Å². The van der Waals surface area contributed by atoms with Gasteiger partial charge >= 0.3 is 0 Å². The number of aliphatic imine (C=N–C) groups is 1. The Morgan fingerprint density at radius 1 is 0.928 bits per heavy atom. The van der Waals surface area contributed by atoms with E-state index in [0.29, 0.717) is 91.0 Å². The average Bonchev–Trinajstić information content (AvgIpc) is 3.69. The van der Waals surface area contributed by atoms with Crippen LogP contribution in [0.25, 0.3) is 33.4 Å². The van der Waals surface area contributed by atoms with Gasteiger partial charge in [0.05, 0.1) is 36.2 Å². The molecule has 0 atom stereocenters. The number of allylic oxidation sites excluding steroid dienone is 6. The number of anilines is 1. The summed E-state index contributed by atoms with van der Waals surface area (Å²) in [6.45, 7) is 11.3. The zero-order valence-electron chi connectivity index (χ0n) is 38.2. The van der Waals surface area contributed by atoms with Gasteiger partial charge in [-0.15, -0.1) is 0 Å². The van der Waals surface area contributed by atoms with E-state index in [1.807, 2.05) is 76.2 Å². The van der Waals surface area contributed by atoms with Crippen LogP contribution in [0.4, 0.5) is 5.69 Å². The van der Waals surface area contributed by atoms with Crippen LogP contribution in [0.5, 0.6) is 0 Å². The number of nitrogens with zero attached hydrogens (tertiary/aromatic N) is 4. The minimum Gasteiger partial charge on any atom is -0.744 e. The van der Waals surface area contributed by atoms with E-state index in [2.05, 4.69) is 56.7 Å². The first kappa shape index (κ1) is 48.5. The molecular formula is C49H49Br2N7O9S2. The van der Waals surface area contributed by atoms with Crippen LogP contribution >= 0.6 is 31.9 Å². The van der Waals surface area contributed by atoms with Gasteiger partial charge in [-0.2, -0.15) is 0 Å². The second kappa shape index (κ2) is 18.7. The monoisotopic (exact) mass is 1100 g/mol. The lowest BCUT2D eigenvalue weighted by Crippen LogP contribution is -2.45. The predicted molar refractivity (Wildman–Crippen MR) is 269 cm³/mol. The molecule has 3 aliphatic carbocycles. The molecule has 0 saturated heterocycles. The summed E-state index contributed by atoms with van der Waals surface area (Å²) in [5.41, 5.74) is 5.01. The van der Waals surface area contributed by atoms with Crippen LogP contribution in [0, 0.1) is 5.41 Å². The fraction of sp³-hybridized carbons (Fsp3) is 0.327. The number of ketones is 2. The number of Topliss-reactive ketones (excluding diaryl/α,β-unsaturated/α-hetero) is 2. The Balaban J connectivity index is 0.960. The highest BCUT2D eigenvalue weighted by Crippen LogP contribution is 2.50. The molecule has 9 rings (SSSR count). The van der Waals surface area contributed by atoms with Crippen LogP contribution in [0.3, 0.4) is 0 Å². The van der Waals surface area contributed by atoms with Crippen molar-refractivity contribution < 1.29 is 40.2 Å². The normalized spacial score (nSPS) is 16.5. The Bertz CT molecular complexity index is 3410. The number of rotatable bonds is 14. The maximum absolute atomic E-state index is 14.3. The number of hydrogen-bond donors (Lipinski definition) is 3. The van der Waals surface area contributed by atoms with Crippen molar-refractivity contribution in [1.29, 1.82) is 0 Å². The van der Waals surface area contributed by atoms with E-state index >= 15 is 0 Å². The number of halogens is 2. The van der Waals surface area contributed by atoms with Crippen molar-refractivity contribution in [2.45, 2.75) is 56.9 Å². The second-order valence-electron chi connectivity index (χ2n) is 17.1. The molecule has 3 N–H and O–H groups in total. The molecule has 6 aliphatic rings. The fourth-order valence-corrected chi connectivity index (χ4v) is 13.4. The Kier molecular flexibility index (Phi) is 13.1. The van der Waals surface area contributed by atoms with E-state index in [4.69, 9.17) is 9.41 Å². The lowest BCUT2D eigenvalue weighted by Gasteiger charge is -2.41. The van der Waals surface area contributed by atoms with Crippen LogP contribution in [-0.2, 0) is 42.7 Å². The first-order chi connectivity index (χ1) is 32.9. The molecule has 2 aromatic carbocycles. The molecule has 20 heteroatoms. The van der Waals surface area contributed by atoms with E-state index in [1.165, 1.54) is 12.1 Å². The van der Waals surface area contributed by atoms with Gasteiger partial charge in [-0.1, -0.05) is 18.2 Å². The van der Waals surface area contributed by atoms with Crippen molar-refractivity contribution in [3.05, 3.63) is 115 Å². The highest BCUT2D eigenvalue weighted by Gasteiger charge is 2.48. The Morgan fingerprint density at radius 2 is 1.65 bits per heavy atom. The summed E-state index contributed by atoms with van der Waals surface area (Å²) in [6, 6.07) is 14.6. The third-order valence-corrected chi connectivity index (χ3v) is 16.8. The summed E-state index contributed by atoms with van der Waals surface area (Å²) in [7, 11) is -9.69. The molecule has 0 bridgehead atoms. The third-order valence-electron chi connectivity index (χ3n) is 13.3. The molecule has 3 aliphatic heterocycles. The number of carbonyl (C=O) groups excluding carboxylic acids is 3. The average molecular weight is 1100 g/mol. The summed E-state index contributed by atoms with van der Waals surface area (Å²) >= 11 is 6.83. The zero-order chi connectivity index (χ0) is 49.2. The number of carbonyl (C=O) groups is 3. The summed E-state index contributed by atoms with van der Waals surface area (Å²) in [4.78, 5) is 46.3. The molecule has 0 radical (unpaired) electrons. The van der Waals surface area contributed by atoms with Gasteiger partial charge in [0.15, 0.2) is 0 Å². The molecule has 0 saturated carbocycles. The molecule has 3 aromatic rings. The number of hydrogen-bond acceptors (Lipinski definition) is 12. The maximum atomic E-state index is 14.3. The highest BCUT2D eigenvalue weighted by atomic mass is 79.9. The predicted octanol–water partition coefficient (Wildman–Crippen LogP) is 5.58. The SMILES string of the molecule is CCN(CC)c1ccc2c(-c3ccc(S(=O)(=O)NCCNC(=O)Cn4cc5c6c4C(=O)C4=C(C6=NCC5)C5(C=C(Br)C(=O)C(Br)=C5)CCN4)cc3S(=O)(=O)[O-])c3ccc(=[N+](CC)CC)cc-3oc2c1. The minimum atomic E-state index is -5.27. The van der Waals surface area contributed by atoms with Crippen molar-refractivity contribution in [2.24, 2.45) is 10.4 Å². The molecule has 0 fully saturated rings. The lowest BCUT2D eigenvalue weighted by molar-refractivity contribution is -0.121. The van der Waals surface area contributed by atoms with Crippen molar-refractivity contribution in [3.63, 3.8) is 0 Å². The number of nitrogens with one attached hydrogen (secondary N) is 3. The molecule has 1 aromatic heterocycles. The summed E-state index contributed by atoms with van der Waals surface area (Å²) in [5.74, 6) is -0.545. The van der Waals surface area contributed by atoms with Gasteiger partial charge < -0.3 is 29.1 Å². The molecule has 1 spiro atoms. The van der Waals surface area contributed by atoms with E-state index in [1.54, 1.807) is 10.8 Å². The maximum Gasteiger partial charge on any atom is 0.240 e. The number of benzene rings is 3. The van der Waals surface area contributed by atoms with Crippen LogP contribution in [0.15, 0.2) is 112 Å². The van der Waals surface area contributed by atoms with Gasteiger partial charge in [0.25, 0.3) is 0 Å². The third kappa shape index (κ3) is 8.66. The Hall–Kier alpha value is -5.51. The van der Waals surface area contributed by atoms with Gasteiger partial charge in [-0.3, -0.25) is 19.4 Å². The molecule has 69 heavy (non-hydrogen) atoms. The Labute approximate surface area is 416 Å². The van der Waals surface area contributed by atoms with Crippen LogP contribution in [-0.4, -0.2) is 101 Å². The standard InChI is InChI=1S/C49H49Br2N7O9S2/c1-5-56(6-2)29-9-12-32-37(21-29)67-38-22-30(57(7-3)8-4)10-13-33(38)42(32)34-14-11-31(23-39(34)69(64,65)66)68(62,63)55-20-19-52-40(59)27-58-26-28-15-17-53-44-41(28)46(58)48(61)45-43(44)49(16-18-54-45)24-35(50)47(60)36(51)25-49/h9-14,21-26,55H,5-8,15-20,27H2,1-4H3,(H2-,52,53,54,59,64,65,66). The first-order valence-corrected chi connectivity index (χ1v) is 27.2. The number of amides is 1. The van der Waals surface area contributed by atoms with E-state index < -0.39 is 41.3 Å². The lowest BCUT2D eigenvalue weighted by atomic mass is 9.66. The second-order valence-corrected chi connectivity index (χ2v) is 22.0. The first-order valence-electron chi connectivity index (χ1n) is 22.8. The molecule has 0 unspecified atom stereocenters. The van der Waals surface area contributed by atoms with Crippen molar-refractivity contribution >= 4 is 91.8 Å². The van der Waals surface area contributed by atoms with Gasteiger partial charge in [-0.05, 0) is 108 Å². The fourth-order valence-electron chi connectivity index (χ4n) is 10.0. The number of aromatic nitrogens is 1. The quantitative estimate of drug-likeness (QED) is 0.0540. The highest BCUT2D eigenvalue weighted by molar-refractivity contribution is 9.13. The molecule has 1 amide bonds. The van der Waals surface area contributed by atoms with E-state index in [0.717, 1.165) is 48.9 Å². The molecule has 4 heterocycles. The van der Waals surface area contributed by atoms with Crippen LogP contribution in [0.2, 0.25) is 0 Å². The Morgan fingerprint density at radius 3 is 2.35 bits per heavy atom. The van der Waals surface area contributed by atoms with Gasteiger partial charge in [-0.25, -0.2) is 26.1 Å². The number of fused-ring (bicyclic) bond motifs is 4. The van der Waals surface area contributed by atoms with Crippen LogP contribution < -0.4 is 30.2 Å². The van der Waals surface area contributed by atoms with Crippen molar-refractivity contribution in [3.8, 4) is 22.5 Å². The van der Waals surface area contributed by atoms with Crippen molar-refractivity contribution in [2.75, 3.05) is 57.3 Å². The topological polar surface area (TPSA) is 215 Å². The van der Waals surface area contributed by atoms with Gasteiger partial charge in [0.1, 0.15) is 46.8 Å². The molecular weight excluding hydrogens is 1050 g/mol. The summed E-state index contributed by atoms with van der Waals surface area (Å²) < 4.78 is 80.3. The van der Waals surface area contributed by atoms with Gasteiger partial charge in [0, 0.05) is 102 Å². The van der Waals surface area contributed by atoms with Gasteiger partial charge in [0.2, 0.25) is 32.9 Å². The minimum absolute atomic E-state index is 0.0161. The van der Waals surface area contributed by atoms with Crippen LogP contribution in [0.1, 0.15) is 55.7 Å². The van der Waals surface area contributed by atoms with Crippen molar-refractivity contribution in [1.82, 2.24) is 24.5 Å². The number of sulfonamides is 1. The smallest absolute Gasteiger partial charge is 0.240 e. The summed E-state index contributed by atoms with van der Waals surface area (Å²) in [6.07, 6.45) is 6.57.